The van der Waals surface area contributed by atoms with Crippen molar-refractivity contribution in [1.29, 1.82) is 0 Å². The van der Waals surface area contributed by atoms with Gasteiger partial charge in [-0.2, -0.15) is 0 Å². The fourth-order valence-corrected chi connectivity index (χ4v) is 3.15. The molecular formula is C23H26N4O4. The molecule has 31 heavy (non-hydrogen) atoms. The van der Waals surface area contributed by atoms with Gasteiger partial charge in [0, 0.05) is 22.7 Å². The molecule has 8 nitrogen and oxygen atoms in total. The largest absolute Gasteiger partial charge is 0.494 e. The SMILES string of the molecule is CCOc1ccc(C(=O)N[C@H](C(=O)NNC(=O)c2c[nH]c3ccccc23)C(C)C)cc1. The molecule has 0 saturated carbocycles. The van der Waals surface area contributed by atoms with Crippen LogP contribution in [0.1, 0.15) is 41.5 Å². The Kier molecular flexibility index (Phi) is 6.92. The quantitative estimate of drug-likeness (QED) is 0.439. The zero-order valence-corrected chi connectivity index (χ0v) is 17.7. The van der Waals surface area contributed by atoms with Crippen LogP contribution in [0.3, 0.4) is 0 Å². The van der Waals surface area contributed by atoms with Gasteiger partial charge in [-0.05, 0) is 43.2 Å². The fourth-order valence-electron chi connectivity index (χ4n) is 3.15. The lowest BCUT2D eigenvalue weighted by Gasteiger charge is -2.22. The van der Waals surface area contributed by atoms with E-state index >= 15 is 0 Å². The number of ether oxygens (including phenoxy) is 1. The van der Waals surface area contributed by atoms with E-state index in [1.54, 1.807) is 30.5 Å². The summed E-state index contributed by atoms with van der Waals surface area (Å²) in [7, 11) is 0. The second-order valence-corrected chi connectivity index (χ2v) is 7.34. The molecule has 0 saturated heterocycles. The third-order valence-electron chi connectivity index (χ3n) is 4.80. The van der Waals surface area contributed by atoms with Crippen molar-refractivity contribution in [2.24, 2.45) is 5.92 Å². The number of carbonyl (C=O) groups is 3. The Morgan fingerprint density at radius 2 is 1.68 bits per heavy atom. The van der Waals surface area contributed by atoms with Gasteiger partial charge in [0.15, 0.2) is 0 Å². The molecule has 0 bridgehead atoms. The highest BCUT2D eigenvalue weighted by molar-refractivity contribution is 6.07. The molecule has 3 aromatic rings. The number of hydrazine groups is 1. The van der Waals surface area contributed by atoms with Gasteiger partial charge in [-0.15, -0.1) is 0 Å². The van der Waals surface area contributed by atoms with Crippen LogP contribution in [-0.2, 0) is 4.79 Å². The zero-order valence-electron chi connectivity index (χ0n) is 17.7. The van der Waals surface area contributed by atoms with Crippen molar-refractivity contribution in [3.63, 3.8) is 0 Å². The van der Waals surface area contributed by atoms with E-state index in [1.165, 1.54) is 0 Å². The predicted molar refractivity (Wildman–Crippen MR) is 118 cm³/mol. The van der Waals surface area contributed by atoms with Crippen molar-refractivity contribution in [3.05, 3.63) is 65.9 Å². The van der Waals surface area contributed by atoms with Crippen molar-refractivity contribution >= 4 is 28.6 Å². The lowest BCUT2D eigenvalue weighted by molar-refractivity contribution is -0.124. The molecule has 162 valence electrons. The van der Waals surface area contributed by atoms with E-state index in [4.69, 9.17) is 4.74 Å². The lowest BCUT2D eigenvalue weighted by atomic mass is 10.0. The van der Waals surface area contributed by atoms with Crippen LogP contribution in [0.2, 0.25) is 0 Å². The van der Waals surface area contributed by atoms with Crippen LogP contribution in [-0.4, -0.2) is 35.4 Å². The summed E-state index contributed by atoms with van der Waals surface area (Å²) in [4.78, 5) is 40.8. The van der Waals surface area contributed by atoms with Gasteiger partial charge in [-0.1, -0.05) is 32.0 Å². The summed E-state index contributed by atoms with van der Waals surface area (Å²) in [6.45, 7) is 6.03. The number of H-pyrrole nitrogens is 1. The molecule has 0 aliphatic carbocycles. The van der Waals surface area contributed by atoms with E-state index in [2.05, 4.69) is 21.2 Å². The molecule has 1 heterocycles. The van der Waals surface area contributed by atoms with E-state index in [9.17, 15) is 14.4 Å². The van der Waals surface area contributed by atoms with Crippen molar-refractivity contribution in [2.45, 2.75) is 26.8 Å². The maximum absolute atomic E-state index is 12.7. The summed E-state index contributed by atoms with van der Waals surface area (Å²) in [5.41, 5.74) is 6.47. The van der Waals surface area contributed by atoms with E-state index < -0.39 is 17.9 Å². The van der Waals surface area contributed by atoms with Crippen LogP contribution in [0.15, 0.2) is 54.7 Å². The average molecular weight is 422 g/mol. The molecule has 0 aliphatic rings. The minimum atomic E-state index is -0.831. The highest BCUT2D eigenvalue weighted by Crippen LogP contribution is 2.17. The summed E-state index contributed by atoms with van der Waals surface area (Å²) >= 11 is 0. The first-order valence-corrected chi connectivity index (χ1v) is 10.1. The van der Waals surface area contributed by atoms with Gasteiger partial charge < -0.3 is 15.0 Å². The number of fused-ring (bicyclic) bond motifs is 1. The van der Waals surface area contributed by atoms with E-state index in [1.807, 2.05) is 45.0 Å². The molecule has 0 spiro atoms. The van der Waals surface area contributed by atoms with E-state index in [0.29, 0.717) is 23.5 Å². The Bertz CT molecular complexity index is 1070. The molecule has 1 atom stereocenters. The highest BCUT2D eigenvalue weighted by atomic mass is 16.5. The number of hydrogen-bond donors (Lipinski definition) is 4. The van der Waals surface area contributed by atoms with Crippen LogP contribution < -0.4 is 20.9 Å². The van der Waals surface area contributed by atoms with Gasteiger partial charge >= 0.3 is 0 Å². The molecule has 8 heteroatoms. The van der Waals surface area contributed by atoms with Gasteiger partial charge in [0.05, 0.1) is 12.2 Å². The maximum atomic E-state index is 12.7. The molecule has 3 rings (SSSR count). The standard InChI is InChI=1S/C23H26N4O4/c1-4-31-16-11-9-15(10-12-16)21(28)25-20(14(2)3)23(30)27-26-22(29)18-13-24-19-8-6-5-7-17(18)19/h5-14,20,24H,4H2,1-3H3,(H,25,28)(H,26,29)(H,27,30)/t20-/m0/s1. The minimum Gasteiger partial charge on any atom is -0.494 e. The van der Waals surface area contributed by atoms with Gasteiger partial charge in [-0.25, -0.2) is 0 Å². The molecule has 2 aromatic carbocycles. The van der Waals surface area contributed by atoms with E-state index in [-0.39, 0.29) is 11.8 Å². The maximum Gasteiger partial charge on any atom is 0.271 e. The monoisotopic (exact) mass is 422 g/mol. The summed E-state index contributed by atoms with van der Waals surface area (Å²) in [5, 5.41) is 3.47. The summed E-state index contributed by atoms with van der Waals surface area (Å²) in [6, 6.07) is 13.2. The minimum absolute atomic E-state index is 0.198. The summed E-state index contributed by atoms with van der Waals surface area (Å²) in [5.74, 6) is -0.887. The average Bonchev–Trinajstić information content (AvgIpc) is 3.20. The van der Waals surface area contributed by atoms with Gasteiger partial charge in [0.2, 0.25) is 0 Å². The Balaban J connectivity index is 1.62. The van der Waals surface area contributed by atoms with E-state index in [0.717, 1.165) is 10.9 Å². The number of hydrogen-bond acceptors (Lipinski definition) is 4. The number of rotatable bonds is 7. The van der Waals surface area contributed by atoms with Crippen LogP contribution >= 0.6 is 0 Å². The number of aromatic amines is 1. The highest BCUT2D eigenvalue weighted by Gasteiger charge is 2.25. The second-order valence-electron chi connectivity index (χ2n) is 7.34. The first-order valence-electron chi connectivity index (χ1n) is 10.1. The van der Waals surface area contributed by atoms with Crippen molar-refractivity contribution in [1.82, 2.24) is 21.2 Å². The number of aromatic nitrogens is 1. The molecule has 0 fully saturated rings. The van der Waals surface area contributed by atoms with Crippen molar-refractivity contribution in [3.8, 4) is 5.75 Å². The summed E-state index contributed by atoms with van der Waals surface area (Å²) < 4.78 is 5.37. The van der Waals surface area contributed by atoms with Gasteiger partial charge in [-0.3, -0.25) is 25.2 Å². The van der Waals surface area contributed by atoms with Gasteiger partial charge in [0.25, 0.3) is 17.7 Å². The fraction of sp³-hybridized carbons (Fsp3) is 0.261. The predicted octanol–water partition coefficient (Wildman–Crippen LogP) is 2.78. The number of carbonyl (C=O) groups excluding carboxylic acids is 3. The number of nitrogens with one attached hydrogen (secondary N) is 4. The zero-order chi connectivity index (χ0) is 22.4. The summed E-state index contributed by atoms with van der Waals surface area (Å²) in [6.07, 6.45) is 1.58. The lowest BCUT2D eigenvalue weighted by Crippen LogP contribution is -2.54. The molecule has 1 aromatic heterocycles. The molecule has 0 unspecified atom stereocenters. The van der Waals surface area contributed by atoms with Crippen molar-refractivity contribution < 1.29 is 19.1 Å². The topological polar surface area (TPSA) is 112 Å². The smallest absolute Gasteiger partial charge is 0.271 e. The number of para-hydroxylation sites is 1. The van der Waals surface area contributed by atoms with Crippen LogP contribution in [0.25, 0.3) is 10.9 Å². The van der Waals surface area contributed by atoms with Crippen LogP contribution in [0.4, 0.5) is 0 Å². The molecule has 0 aliphatic heterocycles. The number of amides is 3. The van der Waals surface area contributed by atoms with Crippen molar-refractivity contribution in [2.75, 3.05) is 6.61 Å². The Hall–Kier alpha value is -3.81. The van der Waals surface area contributed by atoms with Gasteiger partial charge in [0.1, 0.15) is 11.8 Å². The third-order valence-corrected chi connectivity index (χ3v) is 4.80. The first-order chi connectivity index (χ1) is 14.9. The normalized spacial score (nSPS) is 11.7. The van der Waals surface area contributed by atoms with Crippen LogP contribution in [0, 0.1) is 5.92 Å². The number of benzene rings is 2. The molecule has 3 amide bonds. The molecular weight excluding hydrogens is 396 g/mol. The molecule has 0 radical (unpaired) electrons. The van der Waals surface area contributed by atoms with Crippen LogP contribution in [0.5, 0.6) is 5.75 Å². The second kappa shape index (κ2) is 9.80. The molecule has 4 N–H and O–H groups in total. The Morgan fingerprint density at radius 3 is 2.35 bits per heavy atom. The Morgan fingerprint density at radius 1 is 0.968 bits per heavy atom. The Labute approximate surface area is 180 Å². The third kappa shape index (κ3) is 5.22. The first kappa shape index (κ1) is 21.9.